The van der Waals surface area contributed by atoms with Crippen LogP contribution in [0.15, 0.2) is 0 Å². The number of nitrogens with two attached hydrogens (primary N) is 1. The number of esters is 1. The van der Waals surface area contributed by atoms with Gasteiger partial charge in [0.15, 0.2) is 0 Å². The zero-order valence-electron chi connectivity index (χ0n) is 11.3. The quantitative estimate of drug-likeness (QED) is 0.673. The van der Waals surface area contributed by atoms with E-state index in [0.717, 1.165) is 6.42 Å². The van der Waals surface area contributed by atoms with Gasteiger partial charge in [-0.15, -0.1) is 0 Å². The van der Waals surface area contributed by atoms with Gasteiger partial charge in [0.05, 0.1) is 13.2 Å². The van der Waals surface area contributed by atoms with E-state index in [2.05, 4.69) is 10.1 Å². The van der Waals surface area contributed by atoms with E-state index in [1.807, 2.05) is 27.7 Å². The molecule has 5 nitrogen and oxygen atoms in total. The maximum absolute atomic E-state index is 11.8. The highest BCUT2D eigenvalue weighted by atomic mass is 16.5. The average molecular weight is 244 g/mol. The second kappa shape index (κ2) is 7.27. The summed E-state index contributed by atoms with van der Waals surface area (Å²) in [5, 5.41) is 2.64. The van der Waals surface area contributed by atoms with Crippen LogP contribution in [0.2, 0.25) is 0 Å². The Balaban J connectivity index is 4.56. The molecule has 1 unspecified atom stereocenters. The number of carbonyl (C=O) groups is 2. The van der Waals surface area contributed by atoms with Crippen molar-refractivity contribution in [3.63, 3.8) is 0 Å². The number of amides is 1. The second-order valence-electron chi connectivity index (χ2n) is 4.66. The first-order valence-electron chi connectivity index (χ1n) is 5.98. The smallest absolute Gasteiger partial charge is 0.328 e. The molecule has 0 aliphatic heterocycles. The molecule has 0 heterocycles. The Morgan fingerprint density at radius 2 is 1.82 bits per heavy atom. The van der Waals surface area contributed by atoms with Crippen molar-refractivity contribution in [1.82, 2.24) is 5.32 Å². The van der Waals surface area contributed by atoms with Crippen LogP contribution in [0.3, 0.4) is 0 Å². The zero-order valence-corrected chi connectivity index (χ0v) is 11.3. The van der Waals surface area contributed by atoms with Crippen molar-refractivity contribution in [3.05, 3.63) is 0 Å². The van der Waals surface area contributed by atoms with Crippen molar-refractivity contribution in [2.45, 2.75) is 46.2 Å². The number of methoxy groups -OCH3 is 1. The van der Waals surface area contributed by atoms with E-state index in [4.69, 9.17) is 5.73 Å². The molecule has 0 saturated heterocycles. The Labute approximate surface area is 103 Å². The minimum Gasteiger partial charge on any atom is -0.467 e. The van der Waals surface area contributed by atoms with Gasteiger partial charge in [-0.25, -0.2) is 4.79 Å². The summed E-state index contributed by atoms with van der Waals surface area (Å²) in [6.45, 7) is 7.57. The number of carbonyl (C=O) groups excluding carboxylic acids is 2. The maximum Gasteiger partial charge on any atom is 0.328 e. The van der Waals surface area contributed by atoms with E-state index in [-0.39, 0.29) is 17.7 Å². The van der Waals surface area contributed by atoms with Gasteiger partial charge in [-0.1, -0.05) is 34.1 Å². The molecule has 0 fully saturated rings. The molecule has 1 amide bonds. The summed E-state index contributed by atoms with van der Waals surface area (Å²) in [6.07, 6.45) is 0.819. The van der Waals surface area contributed by atoms with Crippen LogP contribution in [0.1, 0.15) is 34.1 Å². The molecule has 0 rings (SSSR count). The van der Waals surface area contributed by atoms with E-state index in [1.54, 1.807) is 0 Å². The largest absolute Gasteiger partial charge is 0.467 e. The molecule has 0 aliphatic carbocycles. The summed E-state index contributed by atoms with van der Waals surface area (Å²) < 4.78 is 4.65. The Hall–Kier alpha value is -1.10. The second-order valence-corrected chi connectivity index (χ2v) is 4.66. The van der Waals surface area contributed by atoms with Crippen molar-refractivity contribution >= 4 is 11.9 Å². The number of ether oxygens (including phenoxy) is 1. The normalized spacial score (nSPS) is 16.2. The summed E-state index contributed by atoms with van der Waals surface area (Å²) in [5.41, 5.74) is 5.80. The van der Waals surface area contributed by atoms with Crippen LogP contribution in [0.25, 0.3) is 0 Å². The van der Waals surface area contributed by atoms with Gasteiger partial charge in [-0.05, 0) is 11.8 Å². The van der Waals surface area contributed by atoms with Gasteiger partial charge >= 0.3 is 5.97 Å². The van der Waals surface area contributed by atoms with Crippen LogP contribution in [0, 0.1) is 11.8 Å². The Morgan fingerprint density at radius 3 is 2.18 bits per heavy atom. The summed E-state index contributed by atoms with van der Waals surface area (Å²) >= 11 is 0. The first kappa shape index (κ1) is 15.9. The van der Waals surface area contributed by atoms with Crippen molar-refractivity contribution in [2.24, 2.45) is 17.6 Å². The molecule has 17 heavy (non-hydrogen) atoms. The van der Waals surface area contributed by atoms with Gasteiger partial charge in [-0.2, -0.15) is 0 Å². The van der Waals surface area contributed by atoms with E-state index < -0.39 is 18.1 Å². The Kier molecular flexibility index (Phi) is 6.80. The molecular weight excluding hydrogens is 220 g/mol. The van der Waals surface area contributed by atoms with Crippen molar-refractivity contribution in [3.8, 4) is 0 Å². The molecular formula is C12H24N2O3. The van der Waals surface area contributed by atoms with Crippen LogP contribution in [0.5, 0.6) is 0 Å². The lowest BCUT2D eigenvalue weighted by molar-refractivity contribution is -0.146. The highest BCUT2D eigenvalue weighted by molar-refractivity contribution is 5.87. The molecule has 3 N–H and O–H groups in total. The summed E-state index contributed by atoms with van der Waals surface area (Å²) in [5.74, 6) is -0.691. The first-order chi connectivity index (χ1) is 7.84. The fraction of sp³-hybridized carbons (Fsp3) is 0.833. The first-order valence-corrected chi connectivity index (χ1v) is 5.98. The predicted molar refractivity (Wildman–Crippen MR) is 66.2 cm³/mol. The third-order valence-corrected chi connectivity index (χ3v) is 2.98. The van der Waals surface area contributed by atoms with Crippen LogP contribution in [0.4, 0.5) is 0 Å². The number of nitrogens with one attached hydrogen (secondary N) is 1. The summed E-state index contributed by atoms with van der Waals surface area (Å²) in [4.78, 5) is 23.3. The lowest BCUT2D eigenvalue weighted by atomic mass is 9.98. The molecule has 0 saturated carbocycles. The van der Waals surface area contributed by atoms with Crippen molar-refractivity contribution < 1.29 is 14.3 Å². The Bertz CT molecular complexity index is 266. The average Bonchev–Trinajstić information content (AvgIpc) is 2.32. The minimum atomic E-state index is -0.636. The fourth-order valence-electron chi connectivity index (χ4n) is 1.39. The molecule has 5 heteroatoms. The number of rotatable bonds is 6. The molecule has 0 aliphatic rings. The molecule has 0 aromatic heterocycles. The number of hydrogen-bond donors (Lipinski definition) is 2. The molecule has 0 bridgehead atoms. The van der Waals surface area contributed by atoms with Crippen LogP contribution in [-0.4, -0.2) is 31.1 Å². The molecule has 0 aromatic carbocycles. The van der Waals surface area contributed by atoms with Gasteiger partial charge in [0, 0.05) is 0 Å². The van der Waals surface area contributed by atoms with E-state index >= 15 is 0 Å². The molecule has 0 radical (unpaired) electrons. The highest BCUT2D eigenvalue weighted by Gasteiger charge is 2.28. The van der Waals surface area contributed by atoms with E-state index in [0.29, 0.717) is 0 Å². The molecule has 0 aromatic rings. The monoisotopic (exact) mass is 244 g/mol. The summed E-state index contributed by atoms with van der Waals surface area (Å²) in [7, 11) is 1.30. The van der Waals surface area contributed by atoms with Crippen molar-refractivity contribution in [2.75, 3.05) is 7.11 Å². The zero-order chi connectivity index (χ0) is 13.6. The standard InChI is InChI=1S/C12H24N2O3/c1-6-8(4)9(13)11(15)14-10(7(2)3)12(16)17-5/h7-10H,6,13H2,1-5H3,(H,14,15)/t8?,9-,10-/m0/s1. The number of hydrogen-bond acceptors (Lipinski definition) is 4. The predicted octanol–water partition coefficient (Wildman–Crippen LogP) is 0.674. The Morgan fingerprint density at radius 1 is 1.29 bits per heavy atom. The van der Waals surface area contributed by atoms with Crippen LogP contribution >= 0.6 is 0 Å². The SMILES string of the molecule is CCC(C)[C@H](N)C(=O)N[C@H](C(=O)OC)C(C)C. The lowest BCUT2D eigenvalue weighted by Gasteiger charge is -2.24. The third-order valence-electron chi connectivity index (χ3n) is 2.98. The van der Waals surface area contributed by atoms with Gasteiger partial charge in [0.2, 0.25) is 5.91 Å². The van der Waals surface area contributed by atoms with Gasteiger partial charge in [0.1, 0.15) is 6.04 Å². The van der Waals surface area contributed by atoms with Crippen LogP contribution < -0.4 is 11.1 Å². The third kappa shape index (κ3) is 4.73. The van der Waals surface area contributed by atoms with Crippen molar-refractivity contribution in [1.29, 1.82) is 0 Å². The molecule has 100 valence electrons. The molecule has 0 spiro atoms. The van der Waals surface area contributed by atoms with E-state index in [1.165, 1.54) is 7.11 Å². The topological polar surface area (TPSA) is 81.4 Å². The summed E-state index contributed by atoms with van der Waals surface area (Å²) in [6, 6.07) is -1.23. The van der Waals surface area contributed by atoms with Crippen LogP contribution in [-0.2, 0) is 14.3 Å². The lowest BCUT2D eigenvalue weighted by Crippen LogP contribution is -2.52. The van der Waals surface area contributed by atoms with E-state index in [9.17, 15) is 9.59 Å². The maximum atomic E-state index is 11.8. The molecule has 3 atom stereocenters. The van der Waals surface area contributed by atoms with Gasteiger partial charge < -0.3 is 15.8 Å². The minimum absolute atomic E-state index is 0.0319. The van der Waals surface area contributed by atoms with Gasteiger partial charge in [0.25, 0.3) is 0 Å². The fourth-order valence-corrected chi connectivity index (χ4v) is 1.39. The van der Waals surface area contributed by atoms with Gasteiger partial charge in [-0.3, -0.25) is 4.79 Å². The highest BCUT2D eigenvalue weighted by Crippen LogP contribution is 2.08.